The van der Waals surface area contributed by atoms with E-state index in [0.717, 1.165) is 0 Å². The molecule has 3 rings (SSSR count). The van der Waals surface area contributed by atoms with Crippen molar-refractivity contribution in [2.24, 2.45) is 0 Å². The summed E-state index contributed by atoms with van der Waals surface area (Å²) in [6.07, 6.45) is 2.44. The van der Waals surface area contributed by atoms with Crippen LogP contribution in [-0.4, -0.2) is 0 Å². The van der Waals surface area contributed by atoms with Gasteiger partial charge in [0.25, 0.3) is 0 Å². The Morgan fingerprint density at radius 2 is 1.10 bits per heavy atom. The van der Waals surface area contributed by atoms with E-state index in [1.807, 2.05) is 0 Å². The van der Waals surface area contributed by atoms with Crippen LogP contribution in [0.15, 0.2) is 48.5 Å². The standard InChI is InChI=1S/C18H20ClP/c1-13-3-7-15(8-4-13)17-11-12-18(20(17)19)16-9-5-14(2)6-10-16/h3-10,17-18H,11-12H2,1-2H3. The minimum absolute atomic E-state index is 0.491. The van der Waals surface area contributed by atoms with Crippen LogP contribution in [0.5, 0.6) is 0 Å². The van der Waals surface area contributed by atoms with Crippen molar-refractivity contribution in [3.63, 3.8) is 0 Å². The SMILES string of the molecule is Cc1ccc(C2CCC(c3ccc(C)cc3)P2Cl)cc1. The normalized spacial score (nSPS) is 25.9. The Hall–Kier alpha value is -0.840. The Kier molecular flexibility index (Phi) is 4.15. The lowest BCUT2D eigenvalue weighted by atomic mass is 10.0. The number of aryl methyl sites for hydroxylation is 2. The van der Waals surface area contributed by atoms with Gasteiger partial charge in [0.05, 0.1) is 0 Å². The van der Waals surface area contributed by atoms with Crippen molar-refractivity contribution in [1.29, 1.82) is 0 Å². The van der Waals surface area contributed by atoms with Gasteiger partial charge in [-0.15, -0.1) is 0 Å². The van der Waals surface area contributed by atoms with Gasteiger partial charge < -0.3 is 0 Å². The maximum Gasteiger partial charge on any atom is 0.0186 e. The van der Waals surface area contributed by atoms with Gasteiger partial charge in [0, 0.05) is 18.6 Å². The van der Waals surface area contributed by atoms with Crippen molar-refractivity contribution in [2.75, 3.05) is 0 Å². The average Bonchev–Trinajstić information content (AvgIpc) is 2.83. The molecule has 0 spiro atoms. The number of hydrogen-bond acceptors (Lipinski definition) is 0. The van der Waals surface area contributed by atoms with Gasteiger partial charge in [0.15, 0.2) is 0 Å². The van der Waals surface area contributed by atoms with Gasteiger partial charge in [-0.25, -0.2) is 0 Å². The molecular formula is C18H20ClP. The number of rotatable bonds is 2. The van der Waals surface area contributed by atoms with Crippen molar-refractivity contribution in [1.82, 2.24) is 0 Å². The monoisotopic (exact) mass is 302 g/mol. The highest BCUT2D eigenvalue weighted by Gasteiger charge is 2.36. The van der Waals surface area contributed by atoms with Crippen molar-refractivity contribution < 1.29 is 0 Å². The Morgan fingerprint density at radius 3 is 1.45 bits per heavy atom. The lowest BCUT2D eigenvalue weighted by molar-refractivity contribution is 0.765. The Morgan fingerprint density at radius 1 is 0.750 bits per heavy atom. The second-order valence-electron chi connectivity index (χ2n) is 5.77. The number of halogens is 1. The quantitative estimate of drug-likeness (QED) is 0.554. The van der Waals surface area contributed by atoms with Gasteiger partial charge in [0.1, 0.15) is 0 Å². The summed E-state index contributed by atoms with van der Waals surface area (Å²) in [5, 5.41) is 0. The van der Waals surface area contributed by atoms with Crippen molar-refractivity contribution in [3.05, 3.63) is 70.8 Å². The maximum absolute atomic E-state index is 6.86. The summed E-state index contributed by atoms with van der Waals surface area (Å²) in [6.45, 7) is 4.27. The van der Waals surface area contributed by atoms with E-state index in [4.69, 9.17) is 11.2 Å². The third kappa shape index (κ3) is 2.78. The van der Waals surface area contributed by atoms with E-state index >= 15 is 0 Å². The van der Waals surface area contributed by atoms with Gasteiger partial charge >= 0.3 is 0 Å². The van der Waals surface area contributed by atoms with Crippen LogP contribution < -0.4 is 0 Å². The minimum Gasteiger partial charge on any atom is -0.0951 e. The first-order valence-electron chi connectivity index (χ1n) is 7.22. The van der Waals surface area contributed by atoms with Gasteiger partial charge in [-0.2, -0.15) is 0 Å². The van der Waals surface area contributed by atoms with E-state index < -0.39 is 7.27 Å². The van der Waals surface area contributed by atoms with Crippen molar-refractivity contribution >= 4 is 18.5 Å². The molecule has 0 amide bonds. The van der Waals surface area contributed by atoms with Crippen LogP contribution in [0.4, 0.5) is 0 Å². The number of hydrogen-bond donors (Lipinski definition) is 0. The molecular weight excluding hydrogens is 283 g/mol. The first-order valence-corrected chi connectivity index (χ1v) is 9.61. The smallest absolute Gasteiger partial charge is 0.0186 e. The van der Waals surface area contributed by atoms with Gasteiger partial charge in [-0.1, -0.05) is 70.9 Å². The summed E-state index contributed by atoms with van der Waals surface area (Å²) in [6, 6.07) is 17.8. The zero-order chi connectivity index (χ0) is 14.1. The predicted molar refractivity (Wildman–Crippen MR) is 89.8 cm³/mol. The Bertz CT molecular complexity index is 520. The maximum atomic E-state index is 6.86. The molecule has 1 fully saturated rings. The van der Waals surface area contributed by atoms with Crippen LogP contribution in [0, 0.1) is 13.8 Å². The van der Waals surface area contributed by atoms with Crippen LogP contribution in [0.25, 0.3) is 0 Å². The molecule has 1 saturated heterocycles. The zero-order valence-electron chi connectivity index (χ0n) is 12.0. The lowest BCUT2D eigenvalue weighted by Crippen LogP contribution is -1.91. The van der Waals surface area contributed by atoms with Crippen LogP contribution in [0.3, 0.4) is 0 Å². The van der Waals surface area contributed by atoms with E-state index in [1.165, 1.54) is 35.1 Å². The summed E-state index contributed by atoms with van der Waals surface area (Å²) in [5.41, 5.74) is 6.59. The molecule has 2 atom stereocenters. The highest BCUT2D eigenvalue weighted by molar-refractivity contribution is 7.84. The molecule has 0 nitrogen and oxygen atoms in total. The molecule has 0 aliphatic carbocycles. The molecule has 2 aromatic carbocycles. The van der Waals surface area contributed by atoms with E-state index in [1.54, 1.807) is 0 Å². The Labute approximate surface area is 127 Å². The summed E-state index contributed by atoms with van der Waals surface area (Å²) < 4.78 is 0. The fraction of sp³-hybridized carbons (Fsp3) is 0.333. The molecule has 0 saturated carbocycles. The molecule has 0 N–H and O–H groups in total. The second-order valence-corrected chi connectivity index (χ2v) is 8.88. The first-order chi connectivity index (χ1) is 9.65. The molecule has 2 unspecified atom stereocenters. The van der Waals surface area contributed by atoms with E-state index in [-0.39, 0.29) is 0 Å². The molecule has 20 heavy (non-hydrogen) atoms. The summed E-state index contributed by atoms with van der Waals surface area (Å²) in [4.78, 5) is 0. The molecule has 2 heteroatoms. The highest BCUT2D eigenvalue weighted by Crippen LogP contribution is 2.73. The summed E-state index contributed by atoms with van der Waals surface area (Å²) in [7, 11) is -0.491. The minimum atomic E-state index is -0.491. The highest BCUT2D eigenvalue weighted by atomic mass is 35.7. The van der Waals surface area contributed by atoms with Gasteiger partial charge in [-0.05, 0) is 37.8 Å². The molecule has 104 valence electrons. The Balaban J connectivity index is 1.81. The topological polar surface area (TPSA) is 0 Å². The zero-order valence-corrected chi connectivity index (χ0v) is 13.7. The fourth-order valence-electron chi connectivity index (χ4n) is 2.97. The van der Waals surface area contributed by atoms with Crippen LogP contribution >= 0.6 is 18.5 Å². The molecule has 0 aromatic heterocycles. The van der Waals surface area contributed by atoms with Crippen molar-refractivity contribution in [2.45, 2.75) is 38.0 Å². The molecule has 2 aromatic rings. The molecule has 1 aliphatic rings. The van der Waals surface area contributed by atoms with Crippen LogP contribution in [0.2, 0.25) is 0 Å². The average molecular weight is 303 g/mol. The third-order valence-electron chi connectivity index (χ3n) is 4.23. The lowest BCUT2D eigenvalue weighted by Gasteiger charge is -2.20. The van der Waals surface area contributed by atoms with E-state index in [9.17, 15) is 0 Å². The van der Waals surface area contributed by atoms with E-state index in [0.29, 0.717) is 11.3 Å². The summed E-state index contributed by atoms with van der Waals surface area (Å²) >= 11 is 6.86. The largest absolute Gasteiger partial charge is 0.0951 e. The molecule has 0 radical (unpaired) electrons. The summed E-state index contributed by atoms with van der Waals surface area (Å²) in [5.74, 6) is 0. The molecule has 0 bridgehead atoms. The second kappa shape index (κ2) is 5.88. The first kappa shape index (κ1) is 14.1. The van der Waals surface area contributed by atoms with Gasteiger partial charge in [-0.3, -0.25) is 0 Å². The molecule has 1 heterocycles. The number of benzene rings is 2. The molecule has 1 aliphatic heterocycles. The van der Waals surface area contributed by atoms with E-state index in [2.05, 4.69) is 62.4 Å². The van der Waals surface area contributed by atoms with Gasteiger partial charge in [0.2, 0.25) is 0 Å². The predicted octanol–water partition coefficient (Wildman–Crippen LogP) is 6.52. The van der Waals surface area contributed by atoms with Crippen LogP contribution in [-0.2, 0) is 0 Å². The third-order valence-corrected chi connectivity index (χ3v) is 7.95. The fourth-order valence-corrected chi connectivity index (χ4v) is 6.38. The van der Waals surface area contributed by atoms with Crippen molar-refractivity contribution in [3.8, 4) is 0 Å². The van der Waals surface area contributed by atoms with Crippen LogP contribution in [0.1, 0.15) is 46.4 Å².